The molecule has 0 aromatic heterocycles. The van der Waals surface area contributed by atoms with Gasteiger partial charge < -0.3 is 24.4 Å². The number of amides is 2. The Bertz CT molecular complexity index is 549. The topological polar surface area (TPSA) is 94.2 Å². The molecule has 1 aliphatic heterocycles. The first-order valence-electron chi connectivity index (χ1n) is 9.31. The molecule has 1 rings (SSSR count). The van der Waals surface area contributed by atoms with Crippen LogP contribution in [-0.4, -0.2) is 65.9 Å². The molecular formula is C19H34N2O6. The number of nitrogens with one attached hydrogen (secondary N) is 1. The summed E-state index contributed by atoms with van der Waals surface area (Å²) in [6.45, 7) is 13.0. The highest BCUT2D eigenvalue weighted by Crippen LogP contribution is 2.22. The van der Waals surface area contributed by atoms with Crippen molar-refractivity contribution in [3.05, 3.63) is 0 Å². The van der Waals surface area contributed by atoms with E-state index in [1.165, 1.54) is 12.0 Å². The van der Waals surface area contributed by atoms with Crippen LogP contribution in [0.25, 0.3) is 0 Å². The van der Waals surface area contributed by atoms with Gasteiger partial charge in [0.15, 0.2) is 0 Å². The van der Waals surface area contributed by atoms with Crippen LogP contribution in [0.15, 0.2) is 0 Å². The molecule has 1 N–H and O–H groups in total. The summed E-state index contributed by atoms with van der Waals surface area (Å²) in [6, 6.07) is -1.63. The van der Waals surface area contributed by atoms with Gasteiger partial charge in [-0.05, 0) is 61.3 Å². The van der Waals surface area contributed by atoms with Gasteiger partial charge in [-0.3, -0.25) is 4.79 Å². The van der Waals surface area contributed by atoms with Gasteiger partial charge in [-0.15, -0.1) is 0 Å². The zero-order chi connectivity index (χ0) is 21.0. The molecule has 8 nitrogen and oxygen atoms in total. The molecule has 156 valence electrons. The summed E-state index contributed by atoms with van der Waals surface area (Å²) in [5, 5.41) is 2.62. The maximum atomic E-state index is 13.2. The number of carbonyl (C=O) groups excluding carboxylic acids is 3. The normalized spacial score (nSPS) is 20.0. The minimum atomic E-state index is -0.982. The summed E-state index contributed by atoms with van der Waals surface area (Å²) < 4.78 is 16.0. The number of rotatable bonds is 5. The Labute approximate surface area is 161 Å². The highest BCUT2D eigenvalue weighted by molar-refractivity contribution is 5.90. The first kappa shape index (κ1) is 23.2. The van der Waals surface area contributed by atoms with Crippen molar-refractivity contribution in [1.82, 2.24) is 10.2 Å². The van der Waals surface area contributed by atoms with Crippen molar-refractivity contribution >= 4 is 18.0 Å². The van der Waals surface area contributed by atoms with Crippen LogP contribution in [0.3, 0.4) is 0 Å². The Morgan fingerprint density at radius 3 is 2.15 bits per heavy atom. The molecule has 3 atom stereocenters. The number of ether oxygens (including phenoxy) is 3. The molecular weight excluding hydrogens is 352 g/mol. The predicted molar refractivity (Wildman–Crippen MR) is 100 cm³/mol. The van der Waals surface area contributed by atoms with Gasteiger partial charge in [0.1, 0.15) is 17.7 Å². The average Bonchev–Trinajstić information content (AvgIpc) is 2.97. The number of alkyl carbamates (subject to hydrolysis) is 1. The lowest BCUT2D eigenvalue weighted by Crippen LogP contribution is -2.57. The van der Waals surface area contributed by atoms with Crippen LogP contribution in [0.5, 0.6) is 0 Å². The molecule has 1 saturated heterocycles. The maximum absolute atomic E-state index is 13.2. The van der Waals surface area contributed by atoms with Crippen molar-refractivity contribution in [2.75, 3.05) is 13.7 Å². The lowest BCUT2D eigenvalue weighted by atomic mass is 10.1. The average molecular weight is 386 g/mol. The Kier molecular flexibility index (Phi) is 7.66. The molecule has 0 bridgehead atoms. The highest BCUT2D eigenvalue weighted by atomic mass is 16.6. The van der Waals surface area contributed by atoms with Gasteiger partial charge in [-0.25, -0.2) is 9.59 Å². The third kappa shape index (κ3) is 7.36. The molecule has 0 aromatic carbocycles. The van der Waals surface area contributed by atoms with Crippen molar-refractivity contribution in [3.8, 4) is 0 Å². The summed E-state index contributed by atoms with van der Waals surface area (Å²) in [5.41, 5.74) is -1.21. The molecule has 1 aliphatic rings. The lowest BCUT2D eigenvalue weighted by molar-refractivity contribution is -0.154. The Morgan fingerprint density at radius 1 is 1.07 bits per heavy atom. The first-order valence-corrected chi connectivity index (χ1v) is 9.31. The van der Waals surface area contributed by atoms with Crippen molar-refractivity contribution in [1.29, 1.82) is 0 Å². The van der Waals surface area contributed by atoms with E-state index in [9.17, 15) is 14.4 Å². The Hall–Kier alpha value is -1.83. The molecule has 1 fully saturated rings. The fourth-order valence-electron chi connectivity index (χ4n) is 3.03. The summed E-state index contributed by atoms with van der Waals surface area (Å²) >= 11 is 0. The molecule has 27 heavy (non-hydrogen) atoms. The monoisotopic (exact) mass is 386 g/mol. The third-order valence-corrected chi connectivity index (χ3v) is 3.96. The maximum Gasteiger partial charge on any atom is 0.408 e. The number of likely N-dealkylation sites (tertiary alicyclic amines) is 1. The van der Waals surface area contributed by atoms with Gasteiger partial charge in [0.05, 0.1) is 18.8 Å². The van der Waals surface area contributed by atoms with E-state index in [0.29, 0.717) is 19.4 Å². The van der Waals surface area contributed by atoms with Crippen LogP contribution in [0.1, 0.15) is 61.3 Å². The van der Waals surface area contributed by atoms with E-state index in [0.717, 1.165) is 0 Å². The van der Waals surface area contributed by atoms with E-state index in [4.69, 9.17) is 14.2 Å². The minimum Gasteiger partial charge on any atom is -0.467 e. The quantitative estimate of drug-likeness (QED) is 0.728. The van der Waals surface area contributed by atoms with Crippen LogP contribution < -0.4 is 5.32 Å². The fraction of sp³-hybridized carbons (Fsp3) is 0.842. The van der Waals surface area contributed by atoms with E-state index >= 15 is 0 Å². The van der Waals surface area contributed by atoms with Crippen LogP contribution in [0.4, 0.5) is 4.79 Å². The van der Waals surface area contributed by atoms with Crippen LogP contribution >= 0.6 is 0 Å². The number of carbonyl (C=O) groups is 3. The van der Waals surface area contributed by atoms with Gasteiger partial charge in [0.25, 0.3) is 0 Å². The Balaban J connectivity index is 3.03. The first-order chi connectivity index (χ1) is 12.2. The van der Waals surface area contributed by atoms with Crippen LogP contribution in [-0.2, 0) is 23.8 Å². The predicted octanol–water partition coefficient (Wildman–Crippen LogP) is 2.25. The van der Waals surface area contributed by atoms with E-state index in [2.05, 4.69) is 5.32 Å². The molecule has 8 heteroatoms. The van der Waals surface area contributed by atoms with Crippen molar-refractivity contribution in [2.24, 2.45) is 0 Å². The van der Waals surface area contributed by atoms with Gasteiger partial charge in [-0.1, -0.05) is 0 Å². The molecule has 1 heterocycles. The van der Waals surface area contributed by atoms with Crippen molar-refractivity contribution in [3.63, 3.8) is 0 Å². The SMILES string of the molecule is COC(=O)C1CCCN1C(=O)[C@@H](NC(=O)OC(C)(C)C)[C@@H](C)OC(C)(C)C. The van der Waals surface area contributed by atoms with Gasteiger partial charge in [0.2, 0.25) is 5.91 Å². The summed E-state index contributed by atoms with van der Waals surface area (Å²) in [6.07, 6.45) is -0.103. The molecule has 0 spiro atoms. The van der Waals surface area contributed by atoms with Crippen molar-refractivity contribution in [2.45, 2.75) is 90.7 Å². The van der Waals surface area contributed by atoms with E-state index < -0.39 is 41.5 Å². The lowest BCUT2D eigenvalue weighted by Gasteiger charge is -2.34. The number of nitrogens with zero attached hydrogens (tertiary/aromatic N) is 1. The van der Waals surface area contributed by atoms with Gasteiger partial charge in [-0.2, -0.15) is 0 Å². The zero-order valence-corrected chi connectivity index (χ0v) is 17.8. The highest BCUT2D eigenvalue weighted by Gasteiger charge is 2.41. The third-order valence-electron chi connectivity index (χ3n) is 3.96. The summed E-state index contributed by atoms with van der Waals surface area (Å²) in [7, 11) is 1.30. The number of methoxy groups -OCH3 is 1. The molecule has 0 radical (unpaired) electrons. The zero-order valence-electron chi connectivity index (χ0n) is 17.8. The summed E-state index contributed by atoms with van der Waals surface area (Å²) in [5.74, 6) is -0.841. The second kappa shape index (κ2) is 8.91. The van der Waals surface area contributed by atoms with E-state index in [1.54, 1.807) is 27.7 Å². The number of hydrogen-bond donors (Lipinski definition) is 1. The van der Waals surface area contributed by atoms with Crippen LogP contribution in [0, 0.1) is 0 Å². The molecule has 0 aliphatic carbocycles. The molecule has 0 aromatic rings. The Morgan fingerprint density at radius 2 is 1.67 bits per heavy atom. The largest absolute Gasteiger partial charge is 0.467 e. The summed E-state index contributed by atoms with van der Waals surface area (Å²) in [4.78, 5) is 38.9. The second-order valence-electron chi connectivity index (χ2n) is 8.77. The molecule has 2 amide bonds. The standard InChI is InChI=1S/C19H34N2O6/c1-12(26-18(2,3)4)14(20-17(24)27-19(5,6)7)15(22)21-11-9-10-13(21)16(23)25-8/h12-14H,9-11H2,1-8H3,(H,20,24)/t12-,13?,14+/m1/s1. The molecule has 1 unspecified atom stereocenters. The van der Waals surface area contributed by atoms with Crippen LogP contribution in [0.2, 0.25) is 0 Å². The minimum absolute atomic E-state index is 0.384. The van der Waals surface area contributed by atoms with Gasteiger partial charge >= 0.3 is 12.1 Å². The number of hydrogen-bond acceptors (Lipinski definition) is 6. The second-order valence-corrected chi connectivity index (χ2v) is 8.77. The number of esters is 1. The fourth-order valence-corrected chi connectivity index (χ4v) is 3.03. The molecule has 0 saturated carbocycles. The van der Waals surface area contributed by atoms with Crippen molar-refractivity contribution < 1.29 is 28.6 Å². The smallest absolute Gasteiger partial charge is 0.408 e. The van der Waals surface area contributed by atoms with E-state index in [1.807, 2.05) is 20.8 Å². The van der Waals surface area contributed by atoms with Gasteiger partial charge in [0, 0.05) is 6.54 Å². The van der Waals surface area contributed by atoms with E-state index in [-0.39, 0.29) is 5.91 Å².